The molecule has 15 nitrogen and oxygen atoms in total. The third kappa shape index (κ3) is 7.98. The Kier molecular flexibility index (Phi) is 10.8. The van der Waals surface area contributed by atoms with Gasteiger partial charge >= 0.3 is 6.09 Å². The molecule has 3 heterocycles. The molecule has 9 unspecified atom stereocenters. The fourth-order valence-corrected chi connectivity index (χ4v) is 9.38. The number of alkyl halides is 3. The zero-order valence-electron chi connectivity index (χ0n) is 33.4. The lowest BCUT2D eigenvalue weighted by Gasteiger charge is -2.36. The van der Waals surface area contributed by atoms with Crippen LogP contribution in [-0.4, -0.2) is 102 Å². The normalized spacial score (nSPS) is 32.3. The molecule has 3 N–H and O–H groups in total. The van der Waals surface area contributed by atoms with Crippen LogP contribution in [0.4, 0.5) is 18.0 Å². The predicted octanol–water partition coefficient (Wildman–Crippen LogP) is 4.49. The number of hydrogen-bond acceptors (Lipinski definition) is 11. The van der Waals surface area contributed by atoms with Crippen molar-refractivity contribution in [2.45, 2.75) is 133 Å². The first-order valence-electron chi connectivity index (χ1n) is 19.8. The minimum absolute atomic E-state index is 0.0696. The van der Waals surface area contributed by atoms with Crippen LogP contribution in [0.15, 0.2) is 18.2 Å². The Hall–Kier alpha value is -4.42. The van der Waals surface area contributed by atoms with Crippen LogP contribution >= 0.6 is 0 Å². The number of aromatic nitrogens is 2. The standard InChI is InChI=1S/C39H51F3N6O9S/c1-19-27-18-48(29(19)32(49)46-39(17-22(39)31(41)42)35(51)47-58(53,54)38(5)13-14-38)34(50)30(37(2,3)4)45-36(52)57-26-15-20(26)9-7-8-10-23(40)28-33(56-27)44-25-16-21(55-6)11-12-24(25)43-28/h11-12,16,19-20,22-23,26-27,29-31H,7-10,13-15,17-18H2,1-6H3,(H,45,52)(H,46,49)(H,47,51). The molecule has 2 bridgehead atoms. The molecule has 4 amide bonds. The highest BCUT2D eigenvalue weighted by atomic mass is 32.2. The summed E-state index contributed by atoms with van der Waals surface area (Å²) in [5, 5.41) is 5.11. The average molecular weight is 837 g/mol. The number of methoxy groups -OCH3 is 1. The van der Waals surface area contributed by atoms with Crippen LogP contribution in [0.25, 0.3) is 11.0 Å². The van der Waals surface area contributed by atoms with Crippen molar-refractivity contribution >= 4 is 44.9 Å². The molecule has 3 saturated carbocycles. The smallest absolute Gasteiger partial charge is 0.408 e. The lowest BCUT2D eigenvalue weighted by atomic mass is 9.85. The van der Waals surface area contributed by atoms with Gasteiger partial charge in [-0.25, -0.2) is 36.4 Å². The van der Waals surface area contributed by atoms with Crippen LogP contribution in [0.3, 0.4) is 0 Å². The number of nitrogens with zero attached hydrogens (tertiary/aromatic N) is 3. The molecule has 9 atom stereocenters. The summed E-state index contributed by atoms with van der Waals surface area (Å²) in [5.41, 5.74) is -2.63. The average Bonchev–Trinajstić information content (AvgIpc) is 4.10. The first kappa shape index (κ1) is 41.7. The zero-order valence-corrected chi connectivity index (χ0v) is 34.2. The Morgan fingerprint density at radius 3 is 2.41 bits per heavy atom. The van der Waals surface area contributed by atoms with Crippen molar-refractivity contribution in [2.75, 3.05) is 13.7 Å². The Morgan fingerprint density at radius 2 is 1.78 bits per heavy atom. The zero-order chi connectivity index (χ0) is 42.1. The molecule has 4 fully saturated rings. The minimum atomic E-state index is -4.27. The van der Waals surface area contributed by atoms with E-state index in [0.29, 0.717) is 42.5 Å². The number of benzene rings is 1. The molecule has 5 aliphatic rings. The Balaban J connectivity index is 1.26. The predicted molar refractivity (Wildman–Crippen MR) is 202 cm³/mol. The summed E-state index contributed by atoms with van der Waals surface area (Å²) in [7, 11) is -2.80. The van der Waals surface area contributed by atoms with Crippen molar-refractivity contribution in [1.29, 1.82) is 0 Å². The molecule has 2 aromatic rings. The summed E-state index contributed by atoms with van der Waals surface area (Å²) in [4.78, 5) is 66.5. The molecule has 1 saturated heterocycles. The maximum atomic E-state index is 16.2. The molecule has 1 aromatic carbocycles. The van der Waals surface area contributed by atoms with E-state index in [1.54, 1.807) is 45.9 Å². The van der Waals surface area contributed by atoms with E-state index < -0.39 is 98.6 Å². The SMILES string of the molecule is COc1ccc2nc3c(nc2c1)OC1CN(C(=O)C(C(C)(C)C)NC(=O)OC2CC2CCCCC3F)C(C(=O)NC2(C(=O)NS(=O)(=O)C3(C)CC3)CC2C(F)F)C1C. The number of alkyl carbamates (subject to hydrolysis) is 1. The van der Waals surface area contributed by atoms with Gasteiger partial charge in [-0.3, -0.25) is 19.1 Å². The van der Waals surface area contributed by atoms with Crippen molar-refractivity contribution in [3.63, 3.8) is 0 Å². The lowest BCUT2D eigenvalue weighted by Crippen LogP contribution is -2.61. The fraction of sp³-hybridized carbons (Fsp3) is 0.692. The van der Waals surface area contributed by atoms with Gasteiger partial charge in [0, 0.05) is 12.0 Å². The fourth-order valence-electron chi connectivity index (χ4n) is 8.07. The summed E-state index contributed by atoms with van der Waals surface area (Å²) < 4.78 is 89.0. The topological polar surface area (TPSA) is 195 Å². The number of amides is 4. The van der Waals surface area contributed by atoms with Crippen molar-refractivity contribution in [1.82, 2.24) is 30.2 Å². The van der Waals surface area contributed by atoms with Gasteiger partial charge in [-0.15, -0.1) is 0 Å². The van der Waals surface area contributed by atoms with Crippen LogP contribution in [0.2, 0.25) is 0 Å². The number of rotatable bonds is 7. The van der Waals surface area contributed by atoms with Gasteiger partial charge in [0.05, 0.1) is 35.4 Å². The molecule has 1 aromatic heterocycles. The van der Waals surface area contributed by atoms with Gasteiger partial charge in [-0.2, -0.15) is 0 Å². The maximum absolute atomic E-state index is 16.2. The van der Waals surface area contributed by atoms with E-state index in [4.69, 9.17) is 14.2 Å². The second-order valence-corrected chi connectivity index (χ2v) is 20.0. The second-order valence-electron chi connectivity index (χ2n) is 17.8. The summed E-state index contributed by atoms with van der Waals surface area (Å²) in [6, 6.07) is 2.13. The van der Waals surface area contributed by atoms with E-state index in [9.17, 15) is 36.4 Å². The van der Waals surface area contributed by atoms with E-state index >= 15 is 4.39 Å². The highest BCUT2D eigenvalue weighted by molar-refractivity contribution is 7.91. The molecule has 0 spiro atoms. The van der Waals surface area contributed by atoms with Crippen LogP contribution in [0.1, 0.15) is 97.9 Å². The van der Waals surface area contributed by atoms with Gasteiger partial charge in [0.15, 0.2) is 0 Å². The summed E-state index contributed by atoms with van der Waals surface area (Å²) in [6.45, 7) is 7.79. The van der Waals surface area contributed by atoms with Gasteiger partial charge < -0.3 is 29.7 Å². The summed E-state index contributed by atoms with van der Waals surface area (Å²) in [6.07, 6.45) is -4.49. The highest BCUT2D eigenvalue weighted by Crippen LogP contribution is 2.50. The monoisotopic (exact) mass is 836 g/mol. The Morgan fingerprint density at radius 1 is 1.07 bits per heavy atom. The van der Waals surface area contributed by atoms with Crippen LogP contribution in [0, 0.1) is 23.2 Å². The highest BCUT2D eigenvalue weighted by Gasteiger charge is 2.67. The van der Waals surface area contributed by atoms with E-state index in [1.807, 2.05) is 4.72 Å². The number of nitrogens with one attached hydrogen (secondary N) is 3. The largest absolute Gasteiger partial charge is 0.497 e. The number of halogens is 3. The summed E-state index contributed by atoms with van der Waals surface area (Å²) in [5.74, 6) is -5.39. The van der Waals surface area contributed by atoms with Gasteiger partial charge in [0.2, 0.25) is 34.1 Å². The number of carbonyl (C=O) groups is 4. The molecular formula is C39H51F3N6O9S. The molecular weight excluding hydrogens is 786 g/mol. The van der Waals surface area contributed by atoms with Gasteiger partial charge in [-0.05, 0) is 68.9 Å². The molecule has 318 valence electrons. The Labute approximate surface area is 334 Å². The van der Waals surface area contributed by atoms with Crippen LogP contribution in [-0.2, 0) is 29.1 Å². The quantitative estimate of drug-likeness (QED) is 0.356. The molecule has 3 aliphatic carbocycles. The lowest BCUT2D eigenvalue weighted by molar-refractivity contribution is -0.143. The third-order valence-electron chi connectivity index (χ3n) is 12.4. The first-order chi connectivity index (χ1) is 27.2. The minimum Gasteiger partial charge on any atom is -0.497 e. The first-order valence-corrected chi connectivity index (χ1v) is 21.3. The van der Waals surface area contributed by atoms with E-state index in [-0.39, 0.29) is 49.4 Å². The van der Waals surface area contributed by atoms with Crippen molar-refractivity contribution in [3.05, 3.63) is 23.9 Å². The van der Waals surface area contributed by atoms with Crippen LogP contribution in [0.5, 0.6) is 11.6 Å². The molecule has 58 heavy (non-hydrogen) atoms. The van der Waals surface area contributed by atoms with Gasteiger partial charge in [0.1, 0.15) is 47.4 Å². The molecule has 7 rings (SSSR count). The van der Waals surface area contributed by atoms with E-state index in [0.717, 1.165) is 4.90 Å². The van der Waals surface area contributed by atoms with Gasteiger partial charge in [0.25, 0.3) is 5.91 Å². The van der Waals surface area contributed by atoms with Crippen molar-refractivity contribution < 1.29 is 55.0 Å². The number of fused-ring (bicyclic) bond motifs is 5. The Bertz CT molecular complexity index is 2100. The number of sulfonamides is 1. The van der Waals surface area contributed by atoms with Crippen molar-refractivity contribution in [2.24, 2.45) is 23.2 Å². The van der Waals surface area contributed by atoms with E-state index in [1.165, 1.54) is 14.0 Å². The number of hydrogen-bond donors (Lipinski definition) is 3. The molecule has 2 aliphatic heterocycles. The molecule has 0 radical (unpaired) electrons. The van der Waals surface area contributed by atoms with Gasteiger partial charge in [-0.1, -0.05) is 40.5 Å². The second kappa shape index (κ2) is 15.0. The van der Waals surface area contributed by atoms with E-state index in [2.05, 4.69) is 20.6 Å². The summed E-state index contributed by atoms with van der Waals surface area (Å²) >= 11 is 0. The maximum Gasteiger partial charge on any atom is 0.408 e. The number of ether oxygens (including phenoxy) is 3. The van der Waals surface area contributed by atoms with Crippen molar-refractivity contribution in [3.8, 4) is 11.6 Å². The third-order valence-corrected chi connectivity index (χ3v) is 14.6. The number of carbonyl (C=O) groups excluding carboxylic acids is 4. The molecule has 19 heteroatoms. The van der Waals surface area contributed by atoms with Crippen LogP contribution < -0.4 is 24.8 Å².